The molecule has 3 N–H and O–H groups in total. The van der Waals surface area contributed by atoms with Crippen LogP contribution in [0.1, 0.15) is 5.56 Å². The molecule has 0 radical (unpaired) electrons. The molecule has 0 saturated carbocycles. The summed E-state index contributed by atoms with van der Waals surface area (Å²) in [6.07, 6.45) is 3.53. The summed E-state index contributed by atoms with van der Waals surface area (Å²) >= 11 is 0. The highest BCUT2D eigenvalue weighted by atomic mass is 15.2. The summed E-state index contributed by atoms with van der Waals surface area (Å²) < 4.78 is 0. The summed E-state index contributed by atoms with van der Waals surface area (Å²) in [6, 6.07) is 12.1. The normalized spacial score (nSPS) is 10.6. The third kappa shape index (κ3) is 2.08. The predicted molar refractivity (Wildman–Crippen MR) is 76.4 cm³/mol. The molecule has 0 fully saturated rings. The number of aryl methyl sites for hydroxylation is 1. The summed E-state index contributed by atoms with van der Waals surface area (Å²) in [4.78, 5) is 4.13. The minimum Gasteiger partial charge on any atom is -0.382 e. The minimum absolute atomic E-state index is 0.489. The third-order valence-corrected chi connectivity index (χ3v) is 3.08. The van der Waals surface area contributed by atoms with Gasteiger partial charge in [-0.3, -0.25) is 10.1 Å². The van der Waals surface area contributed by atoms with Crippen LogP contribution in [0, 0.1) is 6.92 Å². The van der Waals surface area contributed by atoms with Crippen LogP contribution in [-0.4, -0.2) is 15.2 Å². The minimum atomic E-state index is 0.489. The number of nitrogens with two attached hydrogens (primary N) is 1. The van der Waals surface area contributed by atoms with Crippen molar-refractivity contribution in [3.8, 4) is 22.4 Å². The lowest BCUT2D eigenvalue weighted by Crippen LogP contribution is -1.89. The standard InChI is InChI=1S/C15H14N4/c1-10-4-6-11(7-5-10)14-13(15(16)19-18-14)12-3-2-8-17-9-12/h2-9H,1H3,(H3,16,18,19). The molecule has 0 aliphatic heterocycles. The maximum absolute atomic E-state index is 5.97. The number of hydrogen-bond acceptors (Lipinski definition) is 3. The van der Waals surface area contributed by atoms with Crippen molar-refractivity contribution in [2.75, 3.05) is 5.73 Å². The van der Waals surface area contributed by atoms with E-state index in [9.17, 15) is 0 Å². The Morgan fingerprint density at radius 1 is 1.05 bits per heavy atom. The first-order chi connectivity index (χ1) is 9.25. The quantitative estimate of drug-likeness (QED) is 0.734. The average molecular weight is 250 g/mol. The number of aromatic nitrogens is 3. The molecule has 0 spiro atoms. The highest BCUT2D eigenvalue weighted by Gasteiger charge is 2.14. The van der Waals surface area contributed by atoms with Crippen molar-refractivity contribution in [3.63, 3.8) is 0 Å². The molecule has 0 aliphatic rings. The van der Waals surface area contributed by atoms with Crippen LogP contribution in [0.5, 0.6) is 0 Å². The largest absolute Gasteiger partial charge is 0.382 e. The fourth-order valence-electron chi connectivity index (χ4n) is 2.09. The van der Waals surface area contributed by atoms with Crippen molar-refractivity contribution in [2.45, 2.75) is 6.92 Å². The number of anilines is 1. The van der Waals surface area contributed by atoms with Crippen molar-refractivity contribution in [2.24, 2.45) is 0 Å². The van der Waals surface area contributed by atoms with Crippen LogP contribution in [0.15, 0.2) is 48.8 Å². The van der Waals surface area contributed by atoms with Crippen LogP contribution in [0.2, 0.25) is 0 Å². The second kappa shape index (κ2) is 4.57. The van der Waals surface area contributed by atoms with E-state index < -0.39 is 0 Å². The molecular formula is C15H14N4. The van der Waals surface area contributed by atoms with Crippen molar-refractivity contribution >= 4 is 5.82 Å². The molecule has 0 amide bonds. The van der Waals surface area contributed by atoms with Gasteiger partial charge in [0.2, 0.25) is 0 Å². The van der Waals surface area contributed by atoms with Crippen LogP contribution in [0.4, 0.5) is 5.82 Å². The number of nitrogens with one attached hydrogen (secondary N) is 1. The van der Waals surface area contributed by atoms with Gasteiger partial charge in [-0.05, 0) is 13.0 Å². The zero-order valence-corrected chi connectivity index (χ0v) is 10.6. The maximum Gasteiger partial charge on any atom is 0.153 e. The number of nitrogen functional groups attached to an aromatic ring is 1. The molecule has 3 aromatic rings. The van der Waals surface area contributed by atoms with E-state index in [4.69, 9.17) is 5.73 Å². The molecule has 2 heterocycles. The Morgan fingerprint density at radius 3 is 2.53 bits per heavy atom. The number of rotatable bonds is 2. The van der Waals surface area contributed by atoms with E-state index in [2.05, 4.69) is 46.4 Å². The van der Waals surface area contributed by atoms with Gasteiger partial charge in [0.05, 0.1) is 11.3 Å². The SMILES string of the molecule is Cc1ccc(-c2[nH]nc(N)c2-c2cccnc2)cc1. The molecule has 4 nitrogen and oxygen atoms in total. The molecule has 0 bridgehead atoms. The van der Waals surface area contributed by atoms with Crippen molar-refractivity contribution in [1.82, 2.24) is 15.2 Å². The molecule has 0 saturated heterocycles. The van der Waals surface area contributed by atoms with E-state index in [1.807, 2.05) is 12.1 Å². The zero-order chi connectivity index (χ0) is 13.2. The Hall–Kier alpha value is -2.62. The average Bonchev–Trinajstić information content (AvgIpc) is 2.82. The highest BCUT2D eigenvalue weighted by molar-refractivity contribution is 5.87. The van der Waals surface area contributed by atoms with Gasteiger partial charge in [0, 0.05) is 23.5 Å². The summed E-state index contributed by atoms with van der Waals surface area (Å²) in [5.74, 6) is 0.489. The lowest BCUT2D eigenvalue weighted by atomic mass is 10.0. The number of benzene rings is 1. The first-order valence-corrected chi connectivity index (χ1v) is 6.07. The summed E-state index contributed by atoms with van der Waals surface area (Å²) in [5.41, 5.74) is 11.0. The predicted octanol–water partition coefficient (Wildman–Crippen LogP) is 3.03. The van der Waals surface area contributed by atoms with E-state index in [-0.39, 0.29) is 0 Å². The van der Waals surface area contributed by atoms with Gasteiger partial charge < -0.3 is 5.73 Å². The zero-order valence-electron chi connectivity index (χ0n) is 10.6. The first kappa shape index (κ1) is 11.5. The second-order valence-electron chi connectivity index (χ2n) is 4.47. The van der Waals surface area contributed by atoms with Gasteiger partial charge in [-0.2, -0.15) is 5.10 Å². The van der Waals surface area contributed by atoms with Gasteiger partial charge in [-0.1, -0.05) is 35.9 Å². The number of H-pyrrole nitrogens is 1. The Kier molecular flexibility index (Phi) is 2.76. The molecular weight excluding hydrogens is 236 g/mol. The van der Waals surface area contributed by atoms with Gasteiger partial charge in [0.15, 0.2) is 5.82 Å². The van der Waals surface area contributed by atoms with E-state index in [1.165, 1.54) is 5.56 Å². The van der Waals surface area contributed by atoms with Gasteiger partial charge >= 0.3 is 0 Å². The van der Waals surface area contributed by atoms with Crippen LogP contribution < -0.4 is 5.73 Å². The molecule has 3 rings (SSSR count). The van der Waals surface area contributed by atoms with Crippen LogP contribution >= 0.6 is 0 Å². The fourth-order valence-corrected chi connectivity index (χ4v) is 2.09. The summed E-state index contributed by atoms with van der Waals surface area (Å²) in [5, 5.41) is 7.12. The number of nitrogens with zero attached hydrogens (tertiary/aromatic N) is 2. The van der Waals surface area contributed by atoms with Gasteiger partial charge in [-0.25, -0.2) is 0 Å². The lowest BCUT2D eigenvalue weighted by molar-refractivity contribution is 1.10. The number of pyridine rings is 1. The topological polar surface area (TPSA) is 67.6 Å². The Bertz CT molecular complexity index is 684. The number of aromatic amines is 1. The maximum atomic E-state index is 5.97. The fraction of sp³-hybridized carbons (Fsp3) is 0.0667. The van der Waals surface area contributed by atoms with E-state index >= 15 is 0 Å². The van der Waals surface area contributed by atoms with Crippen LogP contribution in [-0.2, 0) is 0 Å². The van der Waals surface area contributed by atoms with Crippen molar-refractivity contribution < 1.29 is 0 Å². The molecule has 0 aliphatic carbocycles. The lowest BCUT2D eigenvalue weighted by Gasteiger charge is -2.04. The van der Waals surface area contributed by atoms with E-state index in [0.29, 0.717) is 5.82 Å². The Balaban J connectivity index is 2.16. The molecule has 2 aromatic heterocycles. The van der Waals surface area contributed by atoms with Crippen molar-refractivity contribution in [3.05, 3.63) is 54.4 Å². The number of hydrogen-bond donors (Lipinski definition) is 2. The van der Waals surface area contributed by atoms with Crippen LogP contribution in [0.3, 0.4) is 0 Å². The second-order valence-corrected chi connectivity index (χ2v) is 4.47. The smallest absolute Gasteiger partial charge is 0.153 e. The highest BCUT2D eigenvalue weighted by Crippen LogP contribution is 2.34. The third-order valence-electron chi connectivity index (χ3n) is 3.08. The molecule has 0 unspecified atom stereocenters. The Morgan fingerprint density at radius 2 is 1.84 bits per heavy atom. The summed E-state index contributed by atoms with van der Waals surface area (Å²) in [6.45, 7) is 2.06. The summed E-state index contributed by atoms with van der Waals surface area (Å²) in [7, 11) is 0. The molecule has 19 heavy (non-hydrogen) atoms. The first-order valence-electron chi connectivity index (χ1n) is 6.07. The molecule has 1 aromatic carbocycles. The van der Waals surface area contributed by atoms with E-state index in [0.717, 1.165) is 22.4 Å². The Labute approximate surface area is 111 Å². The van der Waals surface area contributed by atoms with Crippen molar-refractivity contribution in [1.29, 1.82) is 0 Å². The molecule has 4 heteroatoms. The van der Waals surface area contributed by atoms with Gasteiger partial charge in [-0.15, -0.1) is 0 Å². The van der Waals surface area contributed by atoms with E-state index in [1.54, 1.807) is 12.4 Å². The molecule has 0 atom stereocenters. The molecule has 94 valence electrons. The monoisotopic (exact) mass is 250 g/mol. The van der Waals surface area contributed by atoms with Crippen LogP contribution in [0.25, 0.3) is 22.4 Å². The van der Waals surface area contributed by atoms with Gasteiger partial charge in [0.25, 0.3) is 0 Å². The van der Waals surface area contributed by atoms with Gasteiger partial charge in [0.1, 0.15) is 0 Å².